The highest BCUT2D eigenvalue weighted by atomic mass is 19.1. The fraction of sp³-hybridized carbons (Fsp3) is 0.200. The van der Waals surface area contributed by atoms with E-state index in [1.165, 1.54) is 6.07 Å². The summed E-state index contributed by atoms with van der Waals surface area (Å²) >= 11 is 0. The molecule has 0 aliphatic heterocycles. The lowest BCUT2D eigenvalue weighted by atomic mass is 10.2. The number of benzene rings is 1. The van der Waals surface area contributed by atoms with Crippen LogP contribution in [0.3, 0.4) is 0 Å². The predicted octanol–water partition coefficient (Wildman–Crippen LogP) is 0.778. The molecule has 0 aliphatic rings. The largest absolute Gasteiger partial charge is 0.492 e. The van der Waals surface area contributed by atoms with Gasteiger partial charge in [0.1, 0.15) is 17.1 Å². The predicted molar refractivity (Wildman–Crippen MR) is 52.7 cm³/mol. The first-order valence-corrected chi connectivity index (χ1v) is 4.44. The summed E-state index contributed by atoms with van der Waals surface area (Å²) in [5.41, 5.74) is 4.60. The van der Waals surface area contributed by atoms with Crippen LogP contribution in [0, 0.1) is 5.82 Å². The Morgan fingerprint density at radius 3 is 2.69 bits per heavy atom. The van der Waals surface area contributed by atoms with Gasteiger partial charge in [-0.1, -0.05) is 0 Å². The van der Waals surface area contributed by atoms with Crippen molar-refractivity contribution in [3.05, 3.63) is 29.6 Å². The van der Waals surface area contributed by atoms with Crippen molar-refractivity contribution in [2.45, 2.75) is 6.42 Å². The number of ether oxygens (including phenoxy) is 1. The van der Waals surface area contributed by atoms with Gasteiger partial charge in [0.2, 0.25) is 5.91 Å². The van der Waals surface area contributed by atoms with E-state index in [-0.39, 0.29) is 24.3 Å². The zero-order valence-corrected chi connectivity index (χ0v) is 8.27. The highest BCUT2D eigenvalue weighted by Gasteiger charge is 2.12. The van der Waals surface area contributed by atoms with Gasteiger partial charge in [0.25, 0.3) is 0 Å². The summed E-state index contributed by atoms with van der Waals surface area (Å²) in [6, 6.07) is 3.12. The van der Waals surface area contributed by atoms with Gasteiger partial charge in [-0.15, -0.1) is 0 Å². The lowest BCUT2D eigenvalue weighted by Gasteiger charge is -2.07. The molecule has 5 nitrogen and oxygen atoms in total. The molecule has 86 valence electrons. The first-order valence-electron chi connectivity index (χ1n) is 4.44. The molecular formula is C10H10FNO4. The topological polar surface area (TPSA) is 89.6 Å². The van der Waals surface area contributed by atoms with Crippen LogP contribution < -0.4 is 10.5 Å². The molecule has 0 saturated heterocycles. The van der Waals surface area contributed by atoms with Crippen molar-refractivity contribution >= 4 is 11.9 Å². The molecule has 0 heterocycles. The molecule has 1 aromatic rings. The number of carboxylic acids is 1. The molecule has 6 heteroatoms. The van der Waals surface area contributed by atoms with Gasteiger partial charge in [0, 0.05) is 0 Å². The van der Waals surface area contributed by atoms with Gasteiger partial charge < -0.3 is 15.6 Å². The quantitative estimate of drug-likeness (QED) is 0.777. The van der Waals surface area contributed by atoms with E-state index in [4.69, 9.17) is 15.6 Å². The second-order valence-electron chi connectivity index (χ2n) is 3.01. The number of primary amides is 1. The normalized spacial score (nSPS) is 9.81. The fourth-order valence-corrected chi connectivity index (χ4v) is 1.06. The molecule has 3 N–H and O–H groups in total. The molecule has 0 spiro atoms. The van der Waals surface area contributed by atoms with Gasteiger partial charge in [-0.25, -0.2) is 9.18 Å². The molecule has 16 heavy (non-hydrogen) atoms. The van der Waals surface area contributed by atoms with Crippen LogP contribution in [0.2, 0.25) is 0 Å². The van der Waals surface area contributed by atoms with Gasteiger partial charge in [0.15, 0.2) is 0 Å². The molecule has 0 unspecified atom stereocenters. The summed E-state index contributed by atoms with van der Waals surface area (Å²) in [7, 11) is 0. The Morgan fingerprint density at radius 2 is 2.12 bits per heavy atom. The molecule has 0 aliphatic carbocycles. The first kappa shape index (κ1) is 12.0. The van der Waals surface area contributed by atoms with Crippen molar-refractivity contribution in [2.24, 2.45) is 5.73 Å². The van der Waals surface area contributed by atoms with Crippen LogP contribution in [-0.2, 0) is 4.79 Å². The van der Waals surface area contributed by atoms with Crippen LogP contribution in [0.15, 0.2) is 18.2 Å². The Labute approximate surface area is 90.6 Å². The number of carbonyl (C=O) groups excluding carboxylic acids is 1. The minimum atomic E-state index is -1.30. The molecule has 0 radical (unpaired) electrons. The summed E-state index contributed by atoms with van der Waals surface area (Å²) in [4.78, 5) is 21.2. The van der Waals surface area contributed by atoms with Crippen molar-refractivity contribution in [1.29, 1.82) is 0 Å². The lowest BCUT2D eigenvalue weighted by molar-refractivity contribution is -0.118. The fourth-order valence-electron chi connectivity index (χ4n) is 1.06. The van der Waals surface area contributed by atoms with Crippen LogP contribution in [0.25, 0.3) is 0 Å². The molecule has 0 fully saturated rings. The maximum absolute atomic E-state index is 12.8. The first-order chi connectivity index (χ1) is 7.50. The van der Waals surface area contributed by atoms with Crippen LogP contribution in [-0.4, -0.2) is 23.6 Å². The number of nitrogens with two attached hydrogens (primary N) is 1. The average Bonchev–Trinajstić information content (AvgIpc) is 2.19. The van der Waals surface area contributed by atoms with Crippen LogP contribution in [0.5, 0.6) is 5.75 Å². The molecule has 0 saturated carbocycles. The maximum Gasteiger partial charge on any atom is 0.339 e. The van der Waals surface area contributed by atoms with E-state index >= 15 is 0 Å². The second kappa shape index (κ2) is 5.11. The minimum Gasteiger partial charge on any atom is -0.492 e. The van der Waals surface area contributed by atoms with E-state index < -0.39 is 17.7 Å². The van der Waals surface area contributed by atoms with Crippen molar-refractivity contribution in [2.75, 3.05) is 6.61 Å². The smallest absolute Gasteiger partial charge is 0.339 e. The number of carbonyl (C=O) groups is 2. The van der Waals surface area contributed by atoms with E-state index in [1.807, 2.05) is 0 Å². The van der Waals surface area contributed by atoms with Crippen molar-refractivity contribution in [1.82, 2.24) is 0 Å². The summed E-state index contributed by atoms with van der Waals surface area (Å²) in [6.07, 6.45) is -0.0313. The minimum absolute atomic E-state index is 0.00940. The summed E-state index contributed by atoms with van der Waals surface area (Å²) < 4.78 is 17.8. The van der Waals surface area contributed by atoms with Gasteiger partial charge in [-0.05, 0) is 18.2 Å². The van der Waals surface area contributed by atoms with E-state index in [2.05, 4.69) is 0 Å². The highest BCUT2D eigenvalue weighted by Crippen LogP contribution is 2.19. The zero-order valence-electron chi connectivity index (χ0n) is 8.27. The number of halogens is 1. The molecule has 0 atom stereocenters. The number of rotatable bonds is 5. The van der Waals surface area contributed by atoms with Crippen LogP contribution in [0.1, 0.15) is 16.8 Å². The number of aromatic carboxylic acids is 1. The molecular weight excluding hydrogens is 217 g/mol. The highest BCUT2D eigenvalue weighted by molar-refractivity contribution is 5.90. The van der Waals surface area contributed by atoms with Crippen LogP contribution >= 0.6 is 0 Å². The third kappa shape index (κ3) is 3.23. The maximum atomic E-state index is 12.8. The Bertz CT molecular complexity index is 419. The Kier molecular flexibility index (Phi) is 3.82. The second-order valence-corrected chi connectivity index (χ2v) is 3.01. The summed E-state index contributed by atoms with van der Waals surface area (Å²) in [5, 5.41) is 8.76. The molecule has 1 aromatic carbocycles. The average molecular weight is 227 g/mol. The van der Waals surface area contributed by atoms with Gasteiger partial charge in [0.05, 0.1) is 13.0 Å². The number of hydrogen-bond acceptors (Lipinski definition) is 3. The van der Waals surface area contributed by atoms with Crippen molar-refractivity contribution in [3.63, 3.8) is 0 Å². The summed E-state index contributed by atoms with van der Waals surface area (Å²) in [6.45, 7) is -0.0404. The number of hydrogen-bond donors (Lipinski definition) is 2. The third-order valence-electron chi connectivity index (χ3n) is 1.78. The number of carboxylic acid groups (broad SMARTS) is 1. The monoisotopic (exact) mass is 227 g/mol. The van der Waals surface area contributed by atoms with E-state index in [0.717, 1.165) is 12.1 Å². The van der Waals surface area contributed by atoms with E-state index in [9.17, 15) is 14.0 Å². The third-order valence-corrected chi connectivity index (χ3v) is 1.78. The lowest BCUT2D eigenvalue weighted by Crippen LogP contribution is -2.15. The Balaban J connectivity index is 2.78. The van der Waals surface area contributed by atoms with Gasteiger partial charge >= 0.3 is 5.97 Å². The standard InChI is InChI=1S/C10H10FNO4/c11-6-1-2-8(7(5-6)10(14)15)16-4-3-9(12)13/h1-2,5H,3-4H2,(H2,12,13)(H,14,15). The summed E-state index contributed by atoms with van der Waals surface area (Å²) in [5.74, 6) is -2.51. The van der Waals surface area contributed by atoms with Gasteiger partial charge in [-0.2, -0.15) is 0 Å². The molecule has 1 amide bonds. The molecule has 1 rings (SSSR count). The van der Waals surface area contributed by atoms with Crippen molar-refractivity contribution < 1.29 is 23.8 Å². The molecule has 0 bridgehead atoms. The van der Waals surface area contributed by atoms with Gasteiger partial charge in [-0.3, -0.25) is 4.79 Å². The van der Waals surface area contributed by atoms with Crippen molar-refractivity contribution in [3.8, 4) is 5.75 Å². The van der Waals surface area contributed by atoms with Crippen LogP contribution in [0.4, 0.5) is 4.39 Å². The Morgan fingerprint density at radius 1 is 1.44 bits per heavy atom. The SMILES string of the molecule is NC(=O)CCOc1ccc(F)cc1C(=O)O. The molecule has 0 aromatic heterocycles. The Hall–Kier alpha value is -2.11. The van der Waals surface area contributed by atoms with E-state index in [1.54, 1.807) is 0 Å². The van der Waals surface area contributed by atoms with E-state index in [0.29, 0.717) is 0 Å². The zero-order chi connectivity index (χ0) is 12.1. The number of amides is 1.